The molecule has 2 aromatic carbocycles. The molecule has 1 saturated heterocycles. The fourth-order valence-corrected chi connectivity index (χ4v) is 3.26. The Morgan fingerprint density at radius 3 is 2.77 bits per heavy atom. The Bertz CT molecular complexity index is 1110. The highest BCUT2D eigenvalue weighted by atomic mass is 19.1. The number of nitrogens with zero attached hydrogens (tertiary/aromatic N) is 5. The summed E-state index contributed by atoms with van der Waals surface area (Å²) >= 11 is 0. The van der Waals surface area contributed by atoms with Gasteiger partial charge in [-0.25, -0.2) is 13.9 Å². The summed E-state index contributed by atoms with van der Waals surface area (Å²) in [6.07, 6.45) is 3.82. The van der Waals surface area contributed by atoms with Crippen LogP contribution in [0, 0.1) is 5.82 Å². The molecule has 4 rings (SSSR count). The van der Waals surface area contributed by atoms with E-state index in [0.717, 1.165) is 5.56 Å². The van der Waals surface area contributed by atoms with Gasteiger partial charge in [-0.05, 0) is 29.3 Å². The summed E-state index contributed by atoms with van der Waals surface area (Å²) in [6.45, 7) is 0.575. The van der Waals surface area contributed by atoms with E-state index in [1.165, 1.54) is 17.2 Å². The molecular formula is C21H19FN6O3. The van der Waals surface area contributed by atoms with Crippen LogP contribution in [0.3, 0.4) is 0 Å². The van der Waals surface area contributed by atoms with Crippen LogP contribution in [-0.4, -0.2) is 52.4 Å². The number of nitrogens with two attached hydrogens (primary N) is 1. The van der Waals surface area contributed by atoms with E-state index in [9.17, 15) is 14.0 Å². The minimum absolute atomic E-state index is 0.0868. The van der Waals surface area contributed by atoms with Crippen LogP contribution in [0.5, 0.6) is 0 Å². The van der Waals surface area contributed by atoms with Crippen molar-refractivity contribution in [1.82, 2.24) is 15.0 Å². The van der Waals surface area contributed by atoms with Crippen molar-refractivity contribution < 1.29 is 18.7 Å². The van der Waals surface area contributed by atoms with Crippen LogP contribution in [0.15, 0.2) is 59.9 Å². The topological polar surface area (TPSA) is 116 Å². The number of halogens is 1. The number of carbonyl (C=O) groups is 2. The Morgan fingerprint density at radius 1 is 1.29 bits per heavy atom. The number of carbonyl (C=O) groups excluding carboxylic acids is 2. The number of cyclic esters (lactones) is 1. The zero-order chi connectivity index (χ0) is 21.8. The Labute approximate surface area is 176 Å². The van der Waals surface area contributed by atoms with Crippen molar-refractivity contribution in [2.24, 2.45) is 10.7 Å². The summed E-state index contributed by atoms with van der Waals surface area (Å²) in [5.41, 5.74) is 7.30. The second-order valence-corrected chi connectivity index (χ2v) is 6.96. The van der Waals surface area contributed by atoms with Crippen LogP contribution in [0.4, 0.5) is 14.9 Å². The van der Waals surface area contributed by atoms with E-state index in [0.29, 0.717) is 23.4 Å². The van der Waals surface area contributed by atoms with Gasteiger partial charge in [-0.1, -0.05) is 29.5 Å². The quantitative estimate of drug-likeness (QED) is 0.585. The maximum atomic E-state index is 14.8. The average molecular weight is 422 g/mol. The van der Waals surface area contributed by atoms with Gasteiger partial charge in [0.05, 0.1) is 25.0 Å². The summed E-state index contributed by atoms with van der Waals surface area (Å²) in [7, 11) is 0. The first-order valence-electron chi connectivity index (χ1n) is 9.50. The number of hydrogen-bond acceptors (Lipinski definition) is 6. The molecular weight excluding hydrogens is 403 g/mol. The van der Waals surface area contributed by atoms with Crippen LogP contribution < -0.4 is 10.6 Å². The van der Waals surface area contributed by atoms with E-state index in [1.807, 2.05) is 0 Å². The van der Waals surface area contributed by atoms with Gasteiger partial charge in [0.2, 0.25) is 5.91 Å². The highest BCUT2D eigenvalue weighted by molar-refractivity contribution is 5.90. The lowest BCUT2D eigenvalue weighted by molar-refractivity contribution is -0.116. The van der Waals surface area contributed by atoms with Crippen LogP contribution in [0.2, 0.25) is 0 Å². The molecule has 2 N–H and O–H groups in total. The predicted molar refractivity (Wildman–Crippen MR) is 111 cm³/mol. The zero-order valence-electron chi connectivity index (χ0n) is 16.4. The van der Waals surface area contributed by atoms with Crippen molar-refractivity contribution in [1.29, 1.82) is 0 Å². The standard InChI is InChI=1S/C21H19FN6O3/c22-19-9-16(28-13-17(31-21(28)30)12-27-8-7-25-26-27)5-6-18(19)15-3-1-14(2-4-15)10-24-11-20(23)29/h1-10,17H,11-13H2,(H2,23,29)/t17-/m0/s1. The number of hydrogen-bond donors (Lipinski definition) is 1. The van der Waals surface area contributed by atoms with E-state index in [2.05, 4.69) is 15.3 Å². The third-order valence-electron chi connectivity index (χ3n) is 4.71. The van der Waals surface area contributed by atoms with Crippen LogP contribution in [0.1, 0.15) is 5.56 Å². The fourth-order valence-electron chi connectivity index (χ4n) is 3.26. The molecule has 0 aliphatic carbocycles. The summed E-state index contributed by atoms with van der Waals surface area (Å²) in [5, 5.41) is 7.58. The molecule has 2 amide bonds. The van der Waals surface area contributed by atoms with Gasteiger partial charge >= 0.3 is 6.09 Å². The Balaban J connectivity index is 1.46. The van der Waals surface area contributed by atoms with Gasteiger partial charge in [-0.3, -0.25) is 14.7 Å². The summed E-state index contributed by atoms with van der Waals surface area (Å²) in [5.74, 6) is -0.971. The molecule has 0 unspecified atom stereocenters. The van der Waals surface area contributed by atoms with Gasteiger partial charge < -0.3 is 10.5 Å². The predicted octanol–water partition coefficient (Wildman–Crippen LogP) is 2.01. The highest BCUT2D eigenvalue weighted by Crippen LogP contribution is 2.29. The minimum atomic E-state index is -0.531. The van der Waals surface area contributed by atoms with Gasteiger partial charge in [-0.15, -0.1) is 5.10 Å². The Hall–Kier alpha value is -4.08. The summed E-state index contributed by atoms with van der Waals surface area (Å²) in [4.78, 5) is 28.3. The number of anilines is 1. The van der Waals surface area contributed by atoms with E-state index in [4.69, 9.17) is 10.5 Å². The molecule has 1 fully saturated rings. The third-order valence-corrected chi connectivity index (χ3v) is 4.71. The molecule has 0 saturated carbocycles. The lowest BCUT2D eigenvalue weighted by Crippen LogP contribution is -2.26. The molecule has 1 aliphatic heterocycles. The molecule has 158 valence electrons. The van der Waals surface area contributed by atoms with E-state index in [-0.39, 0.29) is 13.1 Å². The number of amides is 2. The summed E-state index contributed by atoms with van der Waals surface area (Å²) < 4.78 is 21.8. The molecule has 9 nitrogen and oxygen atoms in total. The van der Waals surface area contributed by atoms with Crippen molar-refractivity contribution in [3.63, 3.8) is 0 Å². The lowest BCUT2D eigenvalue weighted by atomic mass is 10.0. The van der Waals surface area contributed by atoms with Gasteiger partial charge in [0.15, 0.2) is 0 Å². The first kappa shape index (κ1) is 20.2. The zero-order valence-corrected chi connectivity index (χ0v) is 16.4. The molecule has 0 spiro atoms. The van der Waals surface area contributed by atoms with Crippen molar-refractivity contribution in [3.8, 4) is 11.1 Å². The number of rotatable bonds is 7. The second kappa shape index (κ2) is 8.74. The molecule has 0 bridgehead atoms. The molecule has 31 heavy (non-hydrogen) atoms. The molecule has 10 heteroatoms. The average Bonchev–Trinajstić information content (AvgIpc) is 3.38. The minimum Gasteiger partial charge on any atom is -0.442 e. The van der Waals surface area contributed by atoms with Crippen LogP contribution in [0.25, 0.3) is 11.1 Å². The molecule has 1 aliphatic rings. The number of ether oxygens (including phenoxy) is 1. The third kappa shape index (κ3) is 4.74. The van der Waals surface area contributed by atoms with Crippen LogP contribution >= 0.6 is 0 Å². The van der Waals surface area contributed by atoms with Crippen molar-refractivity contribution in [2.45, 2.75) is 12.6 Å². The number of primary amides is 1. The summed E-state index contributed by atoms with van der Waals surface area (Å²) in [6, 6.07) is 11.7. The maximum absolute atomic E-state index is 14.8. The van der Waals surface area contributed by atoms with Gasteiger partial charge in [0.25, 0.3) is 0 Å². The monoisotopic (exact) mass is 422 g/mol. The SMILES string of the molecule is NC(=O)CN=Cc1ccc(-c2ccc(N3C[C@H](Cn4ccnn4)OC3=O)cc2F)cc1. The van der Waals surface area contributed by atoms with Gasteiger partial charge in [-0.2, -0.15) is 0 Å². The van der Waals surface area contributed by atoms with Crippen molar-refractivity contribution in [2.75, 3.05) is 18.0 Å². The largest absolute Gasteiger partial charge is 0.442 e. The highest BCUT2D eigenvalue weighted by Gasteiger charge is 2.33. The van der Waals surface area contributed by atoms with Gasteiger partial charge in [0.1, 0.15) is 18.5 Å². The first-order valence-corrected chi connectivity index (χ1v) is 9.50. The van der Waals surface area contributed by atoms with Gasteiger partial charge in [0, 0.05) is 18.0 Å². The first-order chi connectivity index (χ1) is 15.0. The number of benzene rings is 2. The van der Waals surface area contributed by atoms with Crippen molar-refractivity contribution >= 4 is 23.9 Å². The second-order valence-electron chi connectivity index (χ2n) is 6.96. The molecule has 3 aromatic rings. The number of aliphatic imine (C=N–C) groups is 1. The van der Waals surface area contributed by atoms with E-state index in [1.54, 1.807) is 53.5 Å². The molecule has 0 radical (unpaired) electrons. The molecule has 2 heterocycles. The smallest absolute Gasteiger partial charge is 0.414 e. The van der Waals surface area contributed by atoms with Crippen LogP contribution in [-0.2, 0) is 16.1 Å². The normalized spacial score (nSPS) is 16.1. The Morgan fingerprint density at radius 2 is 2.10 bits per heavy atom. The lowest BCUT2D eigenvalue weighted by Gasteiger charge is -2.14. The molecule has 1 atom stereocenters. The van der Waals surface area contributed by atoms with Crippen molar-refractivity contribution in [3.05, 3.63) is 66.2 Å². The molecule has 1 aromatic heterocycles. The number of aromatic nitrogens is 3. The fraction of sp³-hybridized carbons (Fsp3) is 0.190. The van der Waals surface area contributed by atoms with E-state index >= 15 is 0 Å². The maximum Gasteiger partial charge on any atom is 0.414 e. The Kier molecular flexibility index (Phi) is 5.69. The van der Waals surface area contributed by atoms with E-state index < -0.39 is 23.9 Å².